The molecule has 3 N–H and O–H groups in total. The van der Waals surface area contributed by atoms with Gasteiger partial charge in [-0.2, -0.15) is 0 Å². The number of carbonyl (C=O) groups is 1. The van der Waals surface area contributed by atoms with E-state index in [1.807, 2.05) is 31.3 Å². The van der Waals surface area contributed by atoms with Crippen molar-refractivity contribution < 1.29 is 9.53 Å². The summed E-state index contributed by atoms with van der Waals surface area (Å²) in [5.74, 6) is 1.11. The maximum Gasteiger partial charge on any atom is 0.407 e. The van der Waals surface area contributed by atoms with Crippen LogP contribution >= 0.6 is 0 Å². The number of rotatable bonds is 6. The highest BCUT2D eigenvalue weighted by atomic mass is 16.5. The number of hydrogen-bond acceptors (Lipinski definition) is 4. The van der Waals surface area contributed by atoms with Crippen molar-refractivity contribution in [1.82, 2.24) is 20.6 Å². The highest BCUT2D eigenvalue weighted by Gasteiger charge is 2.13. The lowest BCUT2D eigenvalue weighted by Crippen LogP contribution is -2.37. The minimum absolute atomic E-state index is 0.155. The van der Waals surface area contributed by atoms with E-state index in [9.17, 15) is 4.79 Å². The monoisotopic (exact) mass is 290 g/mol. The van der Waals surface area contributed by atoms with Crippen LogP contribution in [0, 0.1) is 5.92 Å². The first-order valence-corrected chi connectivity index (χ1v) is 7.11. The van der Waals surface area contributed by atoms with Crippen molar-refractivity contribution in [2.24, 2.45) is 5.92 Å². The summed E-state index contributed by atoms with van der Waals surface area (Å²) >= 11 is 0. The van der Waals surface area contributed by atoms with E-state index in [1.165, 1.54) is 0 Å². The molecule has 1 aromatic carbocycles. The predicted molar refractivity (Wildman–Crippen MR) is 82.0 cm³/mol. The number of imidazole rings is 1. The van der Waals surface area contributed by atoms with Gasteiger partial charge in [0.1, 0.15) is 12.4 Å². The molecule has 2 aromatic rings. The van der Waals surface area contributed by atoms with E-state index in [-0.39, 0.29) is 6.04 Å². The minimum atomic E-state index is -0.434. The van der Waals surface area contributed by atoms with Gasteiger partial charge in [-0.15, -0.1) is 0 Å². The van der Waals surface area contributed by atoms with Gasteiger partial charge in [0, 0.05) is 6.04 Å². The van der Waals surface area contributed by atoms with Crippen LogP contribution in [0.25, 0.3) is 11.0 Å². The molecule has 0 aliphatic carbocycles. The van der Waals surface area contributed by atoms with Crippen molar-refractivity contribution in [3.63, 3.8) is 0 Å². The first kappa shape index (κ1) is 15.3. The smallest absolute Gasteiger partial charge is 0.407 e. The van der Waals surface area contributed by atoms with Crippen LogP contribution < -0.4 is 10.6 Å². The molecule has 0 saturated carbocycles. The van der Waals surface area contributed by atoms with Crippen LogP contribution in [-0.2, 0) is 11.3 Å². The molecule has 1 atom stereocenters. The summed E-state index contributed by atoms with van der Waals surface area (Å²) in [5.41, 5.74) is 1.84. The fraction of sp³-hybridized carbons (Fsp3) is 0.467. The maximum atomic E-state index is 11.7. The zero-order chi connectivity index (χ0) is 15.2. The van der Waals surface area contributed by atoms with E-state index in [0.717, 1.165) is 11.0 Å². The molecule has 0 aliphatic rings. The number of carbonyl (C=O) groups excluding carboxylic acids is 1. The highest BCUT2D eigenvalue weighted by molar-refractivity contribution is 5.75. The average Bonchev–Trinajstić information content (AvgIpc) is 2.88. The van der Waals surface area contributed by atoms with Crippen LogP contribution in [0.15, 0.2) is 24.3 Å². The van der Waals surface area contributed by atoms with Gasteiger partial charge in [-0.3, -0.25) is 0 Å². The molecule has 0 unspecified atom stereocenters. The van der Waals surface area contributed by atoms with E-state index in [2.05, 4.69) is 34.4 Å². The molecule has 6 nitrogen and oxygen atoms in total. The van der Waals surface area contributed by atoms with E-state index >= 15 is 0 Å². The number of aromatic nitrogens is 2. The lowest BCUT2D eigenvalue weighted by Gasteiger charge is -2.19. The van der Waals surface area contributed by atoms with Crippen LogP contribution in [0.3, 0.4) is 0 Å². The Morgan fingerprint density at radius 3 is 2.81 bits per heavy atom. The van der Waals surface area contributed by atoms with Gasteiger partial charge >= 0.3 is 6.09 Å². The molecule has 114 valence electrons. The van der Waals surface area contributed by atoms with E-state index < -0.39 is 6.09 Å². The number of aromatic amines is 1. The fourth-order valence-corrected chi connectivity index (χ4v) is 2.07. The standard InChI is InChI=1S/C15H22N4O2/c1-10(2)13(16-3)9-21-15(20)17-8-14-18-11-6-4-5-7-12(11)19-14/h4-7,10,13,16H,8-9H2,1-3H3,(H,17,20)(H,18,19)/t13-/m1/s1. The Morgan fingerprint density at radius 1 is 1.38 bits per heavy atom. The van der Waals surface area contributed by atoms with Crippen molar-refractivity contribution >= 4 is 17.1 Å². The normalized spacial score (nSPS) is 12.6. The number of amides is 1. The summed E-state index contributed by atoms with van der Waals surface area (Å²) in [7, 11) is 1.86. The molecular weight excluding hydrogens is 268 g/mol. The summed E-state index contributed by atoms with van der Waals surface area (Å²) < 4.78 is 5.20. The Hall–Kier alpha value is -2.08. The number of benzene rings is 1. The molecule has 6 heteroatoms. The minimum Gasteiger partial charge on any atom is -0.448 e. The number of H-pyrrole nitrogens is 1. The van der Waals surface area contributed by atoms with E-state index in [0.29, 0.717) is 24.9 Å². The molecule has 0 bridgehead atoms. The zero-order valence-corrected chi connectivity index (χ0v) is 12.6. The molecule has 2 rings (SSSR count). The fourth-order valence-electron chi connectivity index (χ4n) is 2.07. The lowest BCUT2D eigenvalue weighted by molar-refractivity contribution is 0.126. The Labute approximate surface area is 124 Å². The number of ether oxygens (including phenoxy) is 1. The van der Waals surface area contributed by atoms with Crippen molar-refractivity contribution in [2.45, 2.75) is 26.4 Å². The van der Waals surface area contributed by atoms with Gasteiger partial charge in [0.2, 0.25) is 0 Å². The molecule has 0 spiro atoms. The van der Waals surface area contributed by atoms with Gasteiger partial charge in [-0.25, -0.2) is 9.78 Å². The number of nitrogens with zero attached hydrogens (tertiary/aromatic N) is 1. The molecule has 1 heterocycles. The second-order valence-electron chi connectivity index (χ2n) is 5.29. The van der Waals surface area contributed by atoms with E-state index in [1.54, 1.807) is 0 Å². The average molecular weight is 290 g/mol. The Balaban J connectivity index is 1.81. The van der Waals surface area contributed by atoms with Crippen molar-refractivity contribution in [3.05, 3.63) is 30.1 Å². The largest absolute Gasteiger partial charge is 0.448 e. The summed E-state index contributed by atoms with van der Waals surface area (Å²) in [5, 5.41) is 5.82. The highest BCUT2D eigenvalue weighted by Crippen LogP contribution is 2.10. The molecule has 21 heavy (non-hydrogen) atoms. The van der Waals surface area contributed by atoms with Gasteiger partial charge in [0.25, 0.3) is 0 Å². The number of likely N-dealkylation sites (N-methyl/N-ethyl adjacent to an activating group) is 1. The zero-order valence-electron chi connectivity index (χ0n) is 12.6. The predicted octanol–water partition coefficient (Wildman–Crippen LogP) is 2.03. The van der Waals surface area contributed by atoms with Crippen molar-refractivity contribution in [3.8, 4) is 0 Å². The Morgan fingerprint density at radius 2 is 2.14 bits per heavy atom. The van der Waals surface area contributed by atoms with Gasteiger partial charge in [-0.05, 0) is 25.1 Å². The third-order valence-electron chi connectivity index (χ3n) is 3.41. The molecule has 0 fully saturated rings. The first-order valence-electron chi connectivity index (χ1n) is 7.11. The number of hydrogen-bond donors (Lipinski definition) is 3. The third kappa shape index (κ3) is 4.19. The number of para-hydroxylation sites is 2. The molecule has 0 radical (unpaired) electrons. The van der Waals surface area contributed by atoms with Crippen molar-refractivity contribution in [1.29, 1.82) is 0 Å². The quantitative estimate of drug-likeness (QED) is 0.760. The molecular formula is C15H22N4O2. The molecule has 1 amide bonds. The van der Waals surface area contributed by atoms with Crippen LogP contribution in [0.1, 0.15) is 19.7 Å². The molecule has 1 aromatic heterocycles. The van der Waals surface area contributed by atoms with E-state index in [4.69, 9.17) is 4.74 Å². The second-order valence-corrected chi connectivity index (χ2v) is 5.29. The van der Waals surface area contributed by atoms with Crippen LogP contribution in [0.5, 0.6) is 0 Å². The van der Waals surface area contributed by atoms with Crippen LogP contribution in [-0.4, -0.2) is 35.8 Å². The Kier molecular flexibility index (Phi) is 5.16. The lowest BCUT2D eigenvalue weighted by atomic mass is 10.1. The SMILES string of the molecule is CN[C@H](COC(=O)NCc1nc2ccccc2[nH]1)C(C)C. The third-order valence-corrected chi connectivity index (χ3v) is 3.41. The van der Waals surface area contributed by atoms with Crippen LogP contribution in [0.2, 0.25) is 0 Å². The summed E-state index contributed by atoms with van der Waals surface area (Å²) in [4.78, 5) is 19.2. The van der Waals surface area contributed by atoms with Gasteiger partial charge in [0.15, 0.2) is 0 Å². The van der Waals surface area contributed by atoms with Crippen LogP contribution in [0.4, 0.5) is 4.79 Å². The summed E-state index contributed by atoms with van der Waals surface area (Å²) in [6.45, 7) is 4.83. The maximum absolute atomic E-state index is 11.7. The summed E-state index contributed by atoms with van der Waals surface area (Å²) in [6, 6.07) is 7.90. The summed E-state index contributed by atoms with van der Waals surface area (Å²) in [6.07, 6.45) is -0.434. The number of nitrogens with one attached hydrogen (secondary N) is 3. The van der Waals surface area contributed by atoms with Gasteiger partial charge < -0.3 is 20.4 Å². The molecule has 0 aliphatic heterocycles. The number of alkyl carbamates (subject to hydrolysis) is 1. The van der Waals surface area contributed by atoms with Gasteiger partial charge in [0.05, 0.1) is 17.6 Å². The topological polar surface area (TPSA) is 79.0 Å². The number of fused-ring (bicyclic) bond motifs is 1. The van der Waals surface area contributed by atoms with Crippen molar-refractivity contribution in [2.75, 3.05) is 13.7 Å². The molecule has 0 saturated heterocycles. The Bertz CT molecular complexity index is 561. The first-order chi connectivity index (χ1) is 10.1. The second kappa shape index (κ2) is 7.08. The van der Waals surface area contributed by atoms with Gasteiger partial charge in [-0.1, -0.05) is 26.0 Å².